The molecule has 1 aromatic carbocycles. The smallest absolute Gasteiger partial charge is 0.309 e. The summed E-state index contributed by atoms with van der Waals surface area (Å²) in [5.74, 6) is -1.51. The second-order valence-corrected chi connectivity index (χ2v) is 3.80. The molecule has 0 saturated heterocycles. The third-order valence-electron chi connectivity index (χ3n) is 2.70. The second-order valence-electron chi connectivity index (χ2n) is 3.80. The fourth-order valence-corrected chi connectivity index (χ4v) is 1.79. The Hall–Kier alpha value is -2.08. The normalized spacial score (nSPS) is 21.9. The van der Waals surface area contributed by atoms with Crippen LogP contribution in [0.4, 0.5) is 5.69 Å². The summed E-state index contributed by atoms with van der Waals surface area (Å²) >= 11 is 0. The molecule has 1 aromatic rings. The zero-order valence-corrected chi connectivity index (χ0v) is 9.06. The summed E-state index contributed by atoms with van der Waals surface area (Å²) < 4.78 is 4.43. The number of nitrogens with one attached hydrogen (secondary N) is 1. The molecule has 0 spiro atoms. The molecule has 0 aliphatic carbocycles. The number of phenolic OH excluding ortho intramolecular Hbond substituents is 1. The number of ether oxygens (including phenoxy) is 1. The van der Waals surface area contributed by atoms with Gasteiger partial charge >= 0.3 is 5.97 Å². The summed E-state index contributed by atoms with van der Waals surface area (Å²) in [4.78, 5) is 22.9. The van der Waals surface area contributed by atoms with Crippen molar-refractivity contribution in [3.63, 3.8) is 0 Å². The summed E-state index contributed by atoms with van der Waals surface area (Å²) in [6.07, 6.45) is -0.494. The molecule has 0 fully saturated rings. The highest BCUT2D eigenvalue weighted by Crippen LogP contribution is 2.40. The van der Waals surface area contributed by atoms with E-state index in [-0.39, 0.29) is 11.3 Å². The van der Waals surface area contributed by atoms with Crippen molar-refractivity contribution in [3.8, 4) is 5.75 Å². The Kier molecular flexibility index (Phi) is 2.51. The molecule has 0 saturated carbocycles. The third kappa shape index (κ3) is 1.72. The molecular weight excluding hydrogens is 226 g/mol. The highest BCUT2D eigenvalue weighted by molar-refractivity contribution is 6.06. The van der Waals surface area contributed by atoms with E-state index in [1.807, 2.05) is 0 Å². The number of anilines is 1. The van der Waals surface area contributed by atoms with Crippen LogP contribution in [0.2, 0.25) is 0 Å². The fraction of sp³-hybridized carbons (Fsp3) is 0.273. The highest BCUT2D eigenvalue weighted by atomic mass is 16.5. The first-order chi connectivity index (χ1) is 7.97. The van der Waals surface area contributed by atoms with E-state index in [0.29, 0.717) is 5.69 Å². The van der Waals surface area contributed by atoms with E-state index in [1.165, 1.54) is 25.3 Å². The van der Waals surface area contributed by atoms with Crippen molar-refractivity contribution in [2.75, 3.05) is 12.4 Å². The Bertz CT molecular complexity index is 499. The number of carbonyl (C=O) groups excluding carboxylic acids is 2. The number of methoxy groups -OCH3 is 1. The Morgan fingerprint density at radius 1 is 1.53 bits per heavy atom. The Morgan fingerprint density at radius 2 is 2.24 bits per heavy atom. The van der Waals surface area contributed by atoms with E-state index in [0.717, 1.165) is 0 Å². The zero-order valence-electron chi connectivity index (χ0n) is 9.06. The molecule has 17 heavy (non-hydrogen) atoms. The van der Waals surface area contributed by atoms with Crippen LogP contribution < -0.4 is 5.32 Å². The molecule has 3 N–H and O–H groups in total. The lowest BCUT2D eigenvalue weighted by Crippen LogP contribution is -2.36. The van der Waals surface area contributed by atoms with Gasteiger partial charge in [0, 0.05) is 11.3 Å². The van der Waals surface area contributed by atoms with Crippen LogP contribution in [0.1, 0.15) is 12.0 Å². The van der Waals surface area contributed by atoms with E-state index in [4.69, 9.17) is 0 Å². The van der Waals surface area contributed by atoms with Crippen LogP contribution >= 0.6 is 0 Å². The monoisotopic (exact) mass is 237 g/mol. The van der Waals surface area contributed by atoms with Gasteiger partial charge in [-0.1, -0.05) is 0 Å². The van der Waals surface area contributed by atoms with Gasteiger partial charge in [0.05, 0.1) is 13.5 Å². The van der Waals surface area contributed by atoms with E-state index in [9.17, 15) is 19.8 Å². The Balaban J connectivity index is 2.45. The average molecular weight is 237 g/mol. The molecule has 6 nitrogen and oxygen atoms in total. The van der Waals surface area contributed by atoms with Gasteiger partial charge in [0.15, 0.2) is 5.60 Å². The molecule has 90 valence electrons. The summed E-state index contributed by atoms with van der Waals surface area (Å²) in [6, 6.07) is 4.08. The van der Waals surface area contributed by atoms with Crippen molar-refractivity contribution >= 4 is 17.6 Å². The number of aromatic hydroxyl groups is 1. The lowest BCUT2D eigenvalue weighted by atomic mass is 9.92. The number of fused-ring (bicyclic) bond motifs is 1. The molecule has 1 amide bonds. The first-order valence-electron chi connectivity index (χ1n) is 4.91. The van der Waals surface area contributed by atoms with Crippen LogP contribution in [0, 0.1) is 0 Å². The van der Waals surface area contributed by atoms with Crippen molar-refractivity contribution in [2.24, 2.45) is 0 Å². The molecule has 0 bridgehead atoms. The number of esters is 1. The third-order valence-corrected chi connectivity index (χ3v) is 2.70. The number of rotatable bonds is 2. The van der Waals surface area contributed by atoms with Crippen molar-refractivity contribution in [1.82, 2.24) is 0 Å². The zero-order chi connectivity index (χ0) is 12.6. The van der Waals surface area contributed by atoms with E-state index >= 15 is 0 Å². The van der Waals surface area contributed by atoms with E-state index < -0.39 is 23.9 Å². The lowest BCUT2D eigenvalue weighted by Gasteiger charge is -2.19. The topological polar surface area (TPSA) is 95.9 Å². The predicted octanol–water partition coefficient (Wildman–Crippen LogP) is 0.0950. The predicted molar refractivity (Wildman–Crippen MR) is 57.3 cm³/mol. The van der Waals surface area contributed by atoms with Crippen molar-refractivity contribution in [1.29, 1.82) is 0 Å². The Labute approximate surface area is 96.8 Å². The summed E-state index contributed by atoms with van der Waals surface area (Å²) in [5.41, 5.74) is -1.44. The molecular formula is C11H11NO5. The number of benzene rings is 1. The minimum atomic E-state index is -1.98. The first kappa shape index (κ1) is 11.4. The Morgan fingerprint density at radius 3 is 2.88 bits per heavy atom. The summed E-state index contributed by atoms with van der Waals surface area (Å²) in [6.45, 7) is 0. The molecule has 6 heteroatoms. The van der Waals surface area contributed by atoms with Gasteiger partial charge in [-0.3, -0.25) is 9.59 Å². The van der Waals surface area contributed by atoms with E-state index in [1.54, 1.807) is 0 Å². The molecule has 2 rings (SSSR count). The quantitative estimate of drug-likeness (QED) is 0.500. The first-order valence-corrected chi connectivity index (χ1v) is 4.91. The SMILES string of the molecule is COC(=O)C[C@]1(O)C(=O)Nc2ccc(O)cc21. The van der Waals surface area contributed by atoms with Crippen molar-refractivity contribution < 1.29 is 24.5 Å². The average Bonchev–Trinajstić information content (AvgIpc) is 2.52. The van der Waals surface area contributed by atoms with Crippen LogP contribution in [0.15, 0.2) is 18.2 Å². The van der Waals surface area contributed by atoms with Gasteiger partial charge in [0.1, 0.15) is 5.75 Å². The van der Waals surface area contributed by atoms with Crippen LogP contribution in [-0.2, 0) is 19.9 Å². The van der Waals surface area contributed by atoms with Gasteiger partial charge in [-0.25, -0.2) is 0 Å². The summed E-state index contributed by atoms with van der Waals surface area (Å²) in [5, 5.41) is 22.0. The molecule has 1 aliphatic rings. The van der Waals surface area contributed by atoms with Crippen LogP contribution in [0.5, 0.6) is 5.75 Å². The maximum absolute atomic E-state index is 11.7. The molecule has 0 unspecified atom stereocenters. The number of phenols is 1. The lowest BCUT2D eigenvalue weighted by molar-refractivity contribution is -0.152. The van der Waals surface area contributed by atoms with Gasteiger partial charge in [-0.05, 0) is 18.2 Å². The number of carbonyl (C=O) groups is 2. The van der Waals surface area contributed by atoms with Gasteiger partial charge in [0.25, 0.3) is 5.91 Å². The van der Waals surface area contributed by atoms with Gasteiger partial charge < -0.3 is 20.3 Å². The fourth-order valence-electron chi connectivity index (χ4n) is 1.79. The second kappa shape index (κ2) is 3.74. The maximum Gasteiger partial charge on any atom is 0.309 e. The molecule has 1 heterocycles. The molecule has 0 aromatic heterocycles. The minimum Gasteiger partial charge on any atom is -0.508 e. The van der Waals surface area contributed by atoms with Crippen LogP contribution in [0.25, 0.3) is 0 Å². The largest absolute Gasteiger partial charge is 0.508 e. The summed E-state index contributed by atoms with van der Waals surface area (Å²) in [7, 11) is 1.17. The van der Waals surface area contributed by atoms with Crippen LogP contribution in [-0.4, -0.2) is 29.2 Å². The van der Waals surface area contributed by atoms with Gasteiger partial charge in [-0.2, -0.15) is 0 Å². The van der Waals surface area contributed by atoms with E-state index in [2.05, 4.69) is 10.1 Å². The number of hydrogen-bond acceptors (Lipinski definition) is 5. The van der Waals surface area contributed by atoms with Gasteiger partial charge in [0.2, 0.25) is 0 Å². The number of amides is 1. The number of aliphatic hydroxyl groups is 1. The van der Waals surface area contributed by atoms with Gasteiger partial charge in [-0.15, -0.1) is 0 Å². The van der Waals surface area contributed by atoms with Crippen molar-refractivity contribution in [2.45, 2.75) is 12.0 Å². The standard InChI is InChI=1S/C11H11NO5/c1-17-9(14)5-11(16)7-4-6(13)2-3-8(7)12-10(11)15/h2-4,13,16H,5H2,1H3,(H,12,15)/t11-/m1/s1. The highest BCUT2D eigenvalue weighted by Gasteiger charge is 2.47. The minimum absolute atomic E-state index is 0.0939. The maximum atomic E-state index is 11.7. The molecule has 0 radical (unpaired) electrons. The molecule has 1 atom stereocenters. The van der Waals surface area contributed by atoms with Crippen molar-refractivity contribution in [3.05, 3.63) is 23.8 Å². The number of hydrogen-bond donors (Lipinski definition) is 3. The molecule has 1 aliphatic heterocycles. The van der Waals surface area contributed by atoms with Crippen LogP contribution in [0.3, 0.4) is 0 Å².